The van der Waals surface area contributed by atoms with Crippen LogP contribution >= 0.6 is 0 Å². The number of nitrogens with one attached hydrogen (secondary N) is 3. The van der Waals surface area contributed by atoms with Crippen molar-refractivity contribution in [2.75, 3.05) is 13.1 Å². The van der Waals surface area contributed by atoms with Gasteiger partial charge in [0.05, 0.1) is 6.04 Å². The summed E-state index contributed by atoms with van der Waals surface area (Å²) >= 11 is 0. The number of ether oxygens (including phenoxy) is 1. The zero-order chi connectivity index (χ0) is 30.4. The van der Waals surface area contributed by atoms with E-state index >= 15 is 0 Å². The number of nitrogens with two attached hydrogens (primary N) is 1. The van der Waals surface area contributed by atoms with Crippen molar-refractivity contribution in [2.45, 2.75) is 78.1 Å². The number of ketones is 1. The Hall–Kier alpha value is -3.96. The van der Waals surface area contributed by atoms with Crippen LogP contribution in [0.25, 0.3) is 0 Å². The Bertz CT molecular complexity index is 1090. The second kappa shape index (κ2) is 13.4. The summed E-state index contributed by atoms with van der Waals surface area (Å²) in [6.07, 6.45) is 4.59. The number of rotatable bonds is 11. The third-order valence-corrected chi connectivity index (χ3v) is 7.13. The van der Waals surface area contributed by atoms with Crippen molar-refractivity contribution in [2.24, 2.45) is 17.1 Å². The van der Waals surface area contributed by atoms with Gasteiger partial charge in [-0.1, -0.05) is 53.0 Å². The van der Waals surface area contributed by atoms with Gasteiger partial charge in [0.1, 0.15) is 24.7 Å². The molecule has 40 heavy (non-hydrogen) atoms. The molecule has 12 heteroatoms. The summed E-state index contributed by atoms with van der Waals surface area (Å²) in [7, 11) is 0. The summed E-state index contributed by atoms with van der Waals surface area (Å²) in [5, 5.41) is 7.53. The first-order valence-electron chi connectivity index (χ1n) is 13.3. The molecule has 0 radical (unpaired) electrons. The Morgan fingerprint density at radius 3 is 2.15 bits per heavy atom. The van der Waals surface area contributed by atoms with Crippen molar-refractivity contribution in [3.63, 3.8) is 0 Å². The predicted octanol–water partition coefficient (Wildman–Crippen LogP) is 0.871. The van der Waals surface area contributed by atoms with Crippen LogP contribution in [0.3, 0.4) is 0 Å². The molecule has 2 aliphatic rings. The van der Waals surface area contributed by atoms with Crippen molar-refractivity contribution < 1.29 is 33.5 Å². The third-order valence-electron chi connectivity index (χ3n) is 7.13. The van der Waals surface area contributed by atoms with E-state index in [9.17, 15) is 28.8 Å². The van der Waals surface area contributed by atoms with Gasteiger partial charge in [-0.15, -0.1) is 0 Å². The number of allylic oxidation sites excluding steroid dienone is 2. The molecule has 0 aromatic rings. The fraction of sp³-hybridized carbons (Fsp3) is 0.571. The lowest BCUT2D eigenvalue weighted by Crippen LogP contribution is -2.60. The minimum absolute atomic E-state index is 0.239. The molecule has 1 saturated heterocycles. The number of nitrogens with zero attached hydrogens (tertiary/aromatic N) is 1. The zero-order valence-corrected chi connectivity index (χ0v) is 23.9. The van der Waals surface area contributed by atoms with Gasteiger partial charge in [0.15, 0.2) is 0 Å². The van der Waals surface area contributed by atoms with Gasteiger partial charge in [-0.2, -0.15) is 0 Å². The molecule has 12 nitrogen and oxygen atoms in total. The monoisotopic (exact) mass is 559 g/mol. The van der Waals surface area contributed by atoms with E-state index in [1.807, 2.05) is 0 Å². The highest BCUT2D eigenvalue weighted by Gasteiger charge is 2.45. The molecule has 5 N–H and O–H groups in total. The smallest absolute Gasteiger partial charge is 0.325 e. The molecule has 220 valence electrons. The number of urea groups is 1. The molecule has 1 heterocycles. The quantitative estimate of drug-likeness (QED) is 0.214. The van der Waals surface area contributed by atoms with E-state index in [-0.39, 0.29) is 18.6 Å². The fourth-order valence-corrected chi connectivity index (χ4v) is 4.89. The maximum Gasteiger partial charge on any atom is 0.325 e. The lowest BCUT2D eigenvalue weighted by molar-refractivity contribution is -0.147. The fourth-order valence-electron chi connectivity index (χ4n) is 4.89. The number of Topliss-reactive ketones (excluding diaryl/α,β-unsaturated/α-hetero) is 1. The second-order valence-electron chi connectivity index (χ2n) is 11.3. The third kappa shape index (κ3) is 8.03. The first-order chi connectivity index (χ1) is 18.6. The van der Waals surface area contributed by atoms with Crippen LogP contribution in [0.15, 0.2) is 36.5 Å². The zero-order valence-electron chi connectivity index (χ0n) is 23.9. The van der Waals surface area contributed by atoms with Gasteiger partial charge in [-0.3, -0.25) is 24.0 Å². The van der Waals surface area contributed by atoms with Crippen molar-refractivity contribution in [1.82, 2.24) is 20.9 Å². The van der Waals surface area contributed by atoms with E-state index < -0.39 is 65.6 Å². The lowest BCUT2D eigenvalue weighted by Gasteiger charge is -2.36. The average Bonchev–Trinajstić information content (AvgIpc) is 3.46. The molecular formula is C28H41N5O7. The number of likely N-dealkylation sites (tertiary alicyclic amines) is 1. The van der Waals surface area contributed by atoms with Gasteiger partial charge in [-0.05, 0) is 35.8 Å². The van der Waals surface area contributed by atoms with Gasteiger partial charge >= 0.3 is 12.0 Å². The minimum atomic E-state index is -1.17. The first kappa shape index (κ1) is 32.3. The number of esters is 1. The van der Waals surface area contributed by atoms with Crippen LogP contribution in [-0.2, 0) is 28.7 Å². The maximum absolute atomic E-state index is 13.7. The lowest BCUT2D eigenvalue weighted by atomic mass is 9.85. The van der Waals surface area contributed by atoms with Crippen LogP contribution in [-0.4, -0.2) is 77.7 Å². The summed E-state index contributed by atoms with van der Waals surface area (Å²) in [5.41, 5.74) is 6.19. The summed E-state index contributed by atoms with van der Waals surface area (Å²) in [6, 6.07) is -3.86. The number of primary amides is 1. The molecular weight excluding hydrogens is 518 g/mol. The van der Waals surface area contributed by atoms with Crippen molar-refractivity contribution in [1.29, 1.82) is 0 Å². The van der Waals surface area contributed by atoms with Crippen LogP contribution in [0, 0.1) is 11.3 Å². The largest absolute Gasteiger partial charge is 0.460 e. The molecule has 1 fully saturated rings. The van der Waals surface area contributed by atoms with Gasteiger partial charge in [0.2, 0.25) is 17.6 Å². The standard InChI is InChI=1S/C28H41N5O7/c1-8-17-12-19(13-18(17)9-2)40-20(34)14-30-27(39)32-23(28(5,6)7)26(38)33-11-10-15(3)21(33)25(37)31-16(4)22(35)24(29)36/h8-9,15-16,19,21,23H,1-2,10-14H2,3-7H3,(H2,29,36)(H,31,37)(H2,30,32,39)/t15-,16?,21?,23?/m0/s1. The van der Waals surface area contributed by atoms with Crippen molar-refractivity contribution in [3.05, 3.63) is 36.5 Å². The summed E-state index contributed by atoms with van der Waals surface area (Å²) in [6.45, 7) is 15.8. The number of carbonyl (C=O) groups excluding carboxylic acids is 6. The molecule has 5 amide bonds. The SMILES string of the molecule is C=CC1=C(C=C)CC(OC(=O)CNC(=O)NC(C(=O)N2CC[C@H](C)C2C(=O)NC(C)C(=O)C(N)=O)C(C)(C)C)C1. The van der Waals surface area contributed by atoms with E-state index in [4.69, 9.17) is 10.5 Å². The topological polar surface area (TPSA) is 177 Å². The molecule has 0 aromatic carbocycles. The van der Waals surface area contributed by atoms with Gasteiger partial charge in [0, 0.05) is 19.4 Å². The number of amides is 5. The van der Waals surface area contributed by atoms with E-state index in [2.05, 4.69) is 29.1 Å². The Morgan fingerprint density at radius 2 is 1.65 bits per heavy atom. The Morgan fingerprint density at radius 1 is 1.07 bits per heavy atom. The van der Waals surface area contributed by atoms with E-state index in [0.29, 0.717) is 19.3 Å². The second-order valence-corrected chi connectivity index (χ2v) is 11.3. The van der Waals surface area contributed by atoms with E-state index in [0.717, 1.165) is 11.1 Å². The molecule has 0 bridgehead atoms. The molecule has 1 aliphatic carbocycles. The molecule has 0 saturated carbocycles. The summed E-state index contributed by atoms with van der Waals surface area (Å²) in [4.78, 5) is 76.2. The van der Waals surface area contributed by atoms with Crippen LogP contribution in [0.4, 0.5) is 4.79 Å². The molecule has 0 aromatic heterocycles. The number of hydrogen-bond acceptors (Lipinski definition) is 7. The van der Waals surface area contributed by atoms with Crippen LogP contribution < -0.4 is 21.7 Å². The average molecular weight is 560 g/mol. The van der Waals surface area contributed by atoms with Crippen LogP contribution in [0.5, 0.6) is 0 Å². The maximum atomic E-state index is 13.7. The first-order valence-corrected chi connectivity index (χ1v) is 13.3. The van der Waals surface area contributed by atoms with Gasteiger partial charge in [-0.25, -0.2) is 4.79 Å². The van der Waals surface area contributed by atoms with E-state index in [1.54, 1.807) is 39.8 Å². The van der Waals surface area contributed by atoms with E-state index in [1.165, 1.54) is 11.8 Å². The number of hydrogen-bond donors (Lipinski definition) is 4. The Kier molecular flexibility index (Phi) is 10.8. The van der Waals surface area contributed by atoms with Crippen molar-refractivity contribution >= 4 is 35.5 Å². The molecule has 0 spiro atoms. The Labute approximate surface area is 234 Å². The normalized spacial score (nSPS) is 20.8. The molecule has 3 unspecified atom stereocenters. The Balaban J connectivity index is 2.02. The summed E-state index contributed by atoms with van der Waals surface area (Å²) < 4.78 is 5.45. The highest BCUT2D eigenvalue weighted by molar-refractivity contribution is 6.37. The van der Waals surface area contributed by atoms with Gasteiger partial charge < -0.3 is 31.3 Å². The minimum Gasteiger partial charge on any atom is -0.460 e. The molecule has 4 atom stereocenters. The van der Waals surface area contributed by atoms with Crippen LogP contribution in [0.1, 0.15) is 53.9 Å². The molecule has 2 rings (SSSR count). The highest BCUT2D eigenvalue weighted by atomic mass is 16.5. The summed E-state index contributed by atoms with van der Waals surface area (Å²) in [5.74, 6) is -4.08. The molecule has 1 aliphatic heterocycles. The van der Waals surface area contributed by atoms with Crippen molar-refractivity contribution in [3.8, 4) is 0 Å². The van der Waals surface area contributed by atoms with Crippen LogP contribution in [0.2, 0.25) is 0 Å². The van der Waals surface area contributed by atoms with Gasteiger partial charge in [0.25, 0.3) is 5.91 Å². The number of carbonyl (C=O) groups is 6. The highest BCUT2D eigenvalue weighted by Crippen LogP contribution is 2.30. The predicted molar refractivity (Wildman–Crippen MR) is 147 cm³/mol.